The number of hydrogen-bond donors (Lipinski definition) is 1. The normalized spacial score (nSPS) is 29.9. The predicted molar refractivity (Wildman–Crippen MR) is 54.6 cm³/mol. The molecule has 14 heavy (non-hydrogen) atoms. The molecule has 2 fully saturated rings. The van der Waals surface area contributed by atoms with Gasteiger partial charge in [-0.1, -0.05) is 6.42 Å². The standard InChI is InChI=1S/C10H19N3O/c1-12-10(14)5-7-13(12)8-9-4-2-3-6-11-9/h9,11H,2-8H2,1H3. The van der Waals surface area contributed by atoms with Crippen LogP contribution < -0.4 is 5.32 Å². The minimum Gasteiger partial charge on any atom is -0.313 e. The van der Waals surface area contributed by atoms with Crippen LogP contribution in [0.5, 0.6) is 0 Å². The molecule has 2 saturated heterocycles. The van der Waals surface area contributed by atoms with Crippen LogP contribution in [0.1, 0.15) is 25.7 Å². The SMILES string of the molecule is CN1C(=O)CCN1CC1CCCCN1. The molecule has 80 valence electrons. The average Bonchev–Trinajstić information content (AvgIpc) is 2.52. The molecule has 0 bridgehead atoms. The van der Waals surface area contributed by atoms with Gasteiger partial charge in [-0.2, -0.15) is 0 Å². The predicted octanol–water partition coefficient (Wildman–Crippen LogP) is 0.208. The van der Waals surface area contributed by atoms with Crippen molar-refractivity contribution in [2.75, 3.05) is 26.7 Å². The molecular weight excluding hydrogens is 178 g/mol. The summed E-state index contributed by atoms with van der Waals surface area (Å²) in [5.41, 5.74) is 0. The molecule has 0 spiro atoms. The third-order valence-corrected chi connectivity index (χ3v) is 3.21. The van der Waals surface area contributed by atoms with Gasteiger partial charge in [-0.15, -0.1) is 0 Å². The number of hydrogen-bond acceptors (Lipinski definition) is 3. The van der Waals surface area contributed by atoms with Gasteiger partial charge in [0.15, 0.2) is 0 Å². The van der Waals surface area contributed by atoms with Crippen molar-refractivity contribution in [1.29, 1.82) is 0 Å². The highest BCUT2D eigenvalue weighted by atomic mass is 16.2. The van der Waals surface area contributed by atoms with E-state index in [1.54, 1.807) is 5.01 Å². The molecule has 4 nitrogen and oxygen atoms in total. The maximum atomic E-state index is 11.3. The number of amides is 1. The summed E-state index contributed by atoms with van der Waals surface area (Å²) in [4.78, 5) is 11.3. The number of carbonyl (C=O) groups excluding carboxylic acids is 1. The number of piperidine rings is 1. The summed E-state index contributed by atoms with van der Waals surface area (Å²) in [5.74, 6) is 0.251. The molecule has 4 heteroatoms. The second-order valence-electron chi connectivity index (χ2n) is 4.23. The third-order valence-electron chi connectivity index (χ3n) is 3.21. The highest BCUT2D eigenvalue weighted by Gasteiger charge is 2.27. The zero-order valence-electron chi connectivity index (χ0n) is 8.83. The van der Waals surface area contributed by atoms with Crippen molar-refractivity contribution in [3.05, 3.63) is 0 Å². The molecule has 1 atom stereocenters. The second kappa shape index (κ2) is 4.28. The Morgan fingerprint density at radius 3 is 2.93 bits per heavy atom. The summed E-state index contributed by atoms with van der Waals surface area (Å²) in [6.07, 6.45) is 4.55. The smallest absolute Gasteiger partial charge is 0.237 e. The van der Waals surface area contributed by atoms with Gasteiger partial charge in [0.1, 0.15) is 0 Å². The molecule has 2 aliphatic heterocycles. The Morgan fingerprint density at radius 2 is 2.36 bits per heavy atom. The number of rotatable bonds is 2. The highest BCUT2D eigenvalue weighted by Crippen LogP contribution is 2.13. The maximum Gasteiger partial charge on any atom is 0.237 e. The Balaban J connectivity index is 1.81. The van der Waals surface area contributed by atoms with Gasteiger partial charge in [-0.25, -0.2) is 5.01 Å². The van der Waals surface area contributed by atoms with Crippen LogP contribution in [0.2, 0.25) is 0 Å². The van der Waals surface area contributed by atoms with E-state index in [2.05, 4.69) is 10.3 Å². The Hall–Kier alpha value is -0.610. The van der Waals surface area contributed by atoms with Crippen LogP contribution in [0.15, 0.2) is 0 Å². The van der Waals surface area contributed by atoms with Gasteiger partial charge < -0.3 is 5.32 Å². The number of hydrazine groups is 1. The first-order valence-corrected chi connectivity index (χ1v) is 5.52. The molecule has 2 aliphatic rings. The number of nitrogens with one attached hydrogen (secondary N) is 1. The van der Waals surface area contributed by atoms with Crippen LogP contribution in [0.25, 0.3) is 0 Å². The van der Waals surface area contributed by atoms with Crippen molar-refractivity contribution in [2.45, 2.75) is 31.7 Å². The van der Waals surface area contributed by atoms with Gasteiger partial charge in [0.25, 0.3) is 0 Å². The first-order valence-electron chi connectivity index (χ1n) is 5.52. The molecule has 2 rings (SSSR count). The topological polar surface area (TPSA) is 35.6 Å². The minimum atomic E-state index is 0.251. The van der Waals surface area contributed by atoms with Crippen molar-refractivity contribution < 1.29 is 4.79 Å². The lowest BCUT2D eigenvalue weighted by molar-refractivity contribution is -0.135. The molecular formula is C10H19N3O. The molecule has 0 aliphatic carbocycles. The van der Waals surface area contributed by atoms with Crippen LogP contribution in [0.3, 0.4) is 0 Å². The summed E-state index contributed by atoms with van der Waals surface area (Å²) in [5, 5.41) is 7.43. The Kier molecular flexibility index (Phi) is 3.03. The zero-order chi connectivity index (χ0) is 9.97. The van der Waals surface area contributed by atoms with Crippen LogP contribution in [0.4, 0.5) is 0 Å². The fourth-order valence-corrected chi connectivity index (χ4v) is 2.24. The first kappa shape index (κ1) is 9.93. The molecule has 2 heterocycles. The largest absolute Gasteiger partial charge is 0.313 e. The lowest BCUT2D eigenvalue weighted by Crippen LogP contribution is -2.47. The van der Waals surface area contributed by atoms with Gasteiger partial charge in [-0.05, 0) is 19.4 Å². The minimum absolute atomic E-state index is 0.251. The first-order chi connectivity index (χ1) is 6.77. The van der Waals surface area contributed by atoms with Gasteiger partial charge in [0.2, 0.25) is 5.91 Å². The van der Waals surface area contributed by atoms with E-state index in [0.717, 1.165) is 19.6 Å². The van der Waals surface area contributed by atoms with E-state index in [9.17, 15) is 4.79 Å². The van der Waals surface area contributed by atoms with Crippen molar-refractivity contribution in [1.82, 2.24) is 15.3 Å². The summed E-state index contributed by atoms with van der Waals surface area (Å²) >= 11 is 0. The molecule has 0 aromatic heterocycles. The molecule has 0 radical (unpaired) electrons. The monoisotopic (exact) mass is 197 g/mol. The zero-order valence-corrected chi connectivity index (χ0v) is 8.83. The fraction of sp³-hybridized carbons (Fsp3) is 0.900. The fourth-order valence-electron chi connectivity index (χ4n) is 2.24. The highest BCUT2D eigenvalue weighted by molar-refractivity contribution is 5.77. The van der Waals surface area contributed by atoms with Crippen molar-refractivity contribution in [2.24, 2.45) is 0 Å². The van der Waals surface area contributed by atoms with Crippen LogP contribution in [-0.2, 0) is 4.79 Å². The number of nitrogens with zero attached hydrogens (tertiary/aromatic N) is 2. The van der Waals surface area contributed by atoms with Crippen LogP contribution >= 0.6 is 0 Å². The van der Waals surface area contributed by atoms with E-state index in [0.29, 0.717) is 12.5 Å². The lowest BCUT2D eigenvalue weighted by atomic mass is 10.1. The Morgan fingerprint density at radius 1 is 1.50 bits per heavy atom. The van der Waals surface area contributed by atoms with Crippen LogP contribution in [-0.4, -0.2) is 48.6 Å². The van der Waals surface area contributed by atoms with E-state index in [1.807, 2.05) is 7.05 Å². The Bertz CT molecular complexity index is 213. The van der Waals surface area contributed by atoms with E-state index in [4.69, 9.17) is 0 Å². The van der Waals surface area contributed by atoms with Gasteiger partial charge in [0.05, 0.1) is 0 Å². The molecule has 0 saturated carbocycles. The van der Waals surface area contributed by atoms with Crippen molar-refractivity contribution >= 4 is 5.91 Å². The van der Waals surface area contributed by atoms with Crippen molar-refractivity contribution in [3.8, 4) is 0 Å². The summed E-state index contributed by atoms with van der Waals surface area (Å²) in [6, 6.07) is 0.581. The summed E-state index contributed by atoms with van der Waals surface area (Å²) in [6.45, 7) is 3.02. The average molecular weight is 197 g/mol. The van der Waals surface area contributed by atoms with E-state index in [1.165, 1.54) is 19.3 Å². The van der Waals surface area contributed by atoms with E-state index in [-0.39, 0.29) is 5.91 Å². The molecule has 1 unspecified atom stereocenters. The van der Waals surface area contributed by atoms with E-state index < -0.39 is 0 Å². The van der Waals surface area contributed by atoms with Crippen molar-refractivity contribution in [3.63, 3.8) is 0 Å². The Labute approximate surface area is 85.2 Å². The summed E-state index contributed by atoms with van der Waals surface area (Å²) in [7, 11) is 1.87. The molecule has 1 N–H and O–H groups in total. The lowest BCUT2D eigenvalue weighted by Gasteiger charge is -2.31. The van der Waals surface area contributed by atoms with Gasteiger partial charge >= 0.3 is 0 Å². The molecule has 0 aromatic carbocycles. The van der Waals surface area contributed by atoms with Gasteiger partial charge in [-0.3, -0.25) is 9.80 Å². The van der Waals surface area contributed by atoms with Crippen LogP contribution in [0, 0.1) is 0 Å². The number of carbonyl (C=O) groups is 1. The maximum absolute atomic E-state index is 11.3. The third kappa shape index (κ3) is 2.07. The molecule has 1 amide bonds. The van der Waals surface area contributed by atoms with E-state index >= 15 is 0 Å². The molecule has 0 aromatic rings. The summed E-state index contributed by atoms with van der Waals surface area (Å²) < 4.78 is 0. The quantitative estimate of drug-likeness (QED) is 0.687. The van der Waals surface area contributed by atoms with Gasteiger partial charge in [0, 0.05) is 32.6 Å². The second-order valence-corrected chi connectivity index (χ2v) is 4.23.